The van der Waals surface area contributed by atoms with Gasteiger partial charge in [-0.2, -0.15) is 0 Å². The molecule has 1 atom stereocenters. The second-order valence-corrected chi connectivity index (χ2v) is 7.01. The fraction of sp³-hybridized carbons (Fsp3) is 0.278. The van der Waals surface area contributed by atoms with Crippen LogP contribution in [0.15, 0.2) is 48.7 Å². The molecule has 2 aromatic heterocycles. The van der Waals surface area contributed by atoms with E-state index in [-0.39, 0.29) is 18.3 Å². The molecule has 0 spiro atoms. The molecule has 24 heavy (non-hydrogen) atoms. The predicted molar refractivity (Wildman–Crippen MR) is 91.2 cm³/mol. The first-order chi connectivity index (χ1) is 11.4. The van der Waals surface area contributed by atoms with Crippen molar-refractivity contribution in [2.24, 2.45) is 0 Å². The van der Waals surface area contributed by atoms with E-state index >= 15 is 0 Å². The van der Waals surface area contributed by atoms with Crippen molar-refractivity contribution in [1.82, 2.24) is 9.55 Å². The average Bonchev–Trinajstić information content (AvgIpc) is 3.34. The van der Waals surface area contributed by atoms with Crippen LogP contribution >= 0.6 is 11.6 Å². The first-order valence-corrected chi connectivity index (χ1v) is 8.15. The van der Waals surface area contributed by atoms with Crippen LogP contribution in [0.4, 0.5) is 0 Å². The summed E-state index contributed by atoms with van der Waals surface area (Å²) in [5, 5.41) is 30.0. The maximum absolute atomic E-state index is 11.0. The van der Waals surface area contributed by atoms with E-state index in [9.17, 15) is 15.3 Å². The molecule has 4 rings (SSSR count). The Morgan fingerprint density at radius 3 is 2.50 bits per heavy atom. The fourth-order valence-electron chi connectivity index (χ4n) is 3.36. The van der Waals surface area contributed by atoms with Gasteiger partial charge in [-0.1, -0.05) is 23.7 Å². The molecule has 1 aromatic carbocycles. The molecular formula is C18H17ClN2O3. The van der Waals surface area contributed by atoms with E-state index in [0.717, 1.165) is 29.3 Å². The number of benzene rings is 1. The molecule has 6 heteroatoms. The second-order valence-electron chi connectivity index (χ2n) is 6.39. The maximum Gasteiger partial charge on any atom is 0.193 e. The van der Waals surface area contributed by atoms with Gasteiger partial charge >= 0.3 is 0 Å². The third-order valence-corrected chi connectivity index (χ3v) is 5.42. The highest BCUT2D eigenvalue weighted by atomic mass is 35.5. The average molecular weight is 345 g/mol. The van der Waals surface area contributed by atoms with Crippen LogP contribution < -0.4 is 0 Å². The molecule has 1 aliphatic rings. The van der Waals surface area contributed by atoms with Crippen molar-refractivity contribution >= 4 is 22.5 Å². The van der Waals surface area contributed by atoms with Crippen LogP contribution in [0.2, 0.25) is 0 Å². The molecule has 0 bridgehead atoms. The predicted octanol–water partition coefficient (Wildman–Crippen LogP) is 3.11. The van der Waals surface area contributed by atoms with Gasteiger partial charge in [0.1, 0.15) is 0 Å². The molecule has 1 unspecified atom stereocenters. The summed E-state index contributed by atoms with van der Waals surface area (Å²) in [6.07, 6.45) is 3.22. The summed E-state index contributed by atoms with van der Waals surface area (Å²) in [6.45, 7) is -0.107. The number of aliphatic hydroxyl groups is 1. The van der Waals surface area contributed by atoms with Crippen LogP contribution in [0.5, 0.6) is 11.8 Å². The van der Waals surface area contributed by atoms with Crippen LogP contribution in [-0.4, -0.2) is 29.9 Å². The number of halogens is 1. The van der Waals surface area contributed by atoms with Gasteiger partial charge in [0.05, 0.1) is 12.1 Å². The van der Waals surface area contributed by atoms with Gasteiger partial charge in [-0.05, 0) is 36.6 Å². The number of pyridine rings is 1. The van der Waals surface area contributed by atoms with Crippen molar-refractivity contribution in [3.05, 3.63) is 54.2 Å². The number of nitrogens with zero attached hydrogens (tertiary/aromatic N) is 2. The molecule has 124 valence electrons. The van der Waals surface area contributed by atoms with Gasteiger partial charge in [0.25, 0.3) is 0 Å². The molecule has 1 fully saturated rings. The summed E-state index contributed by atoms with van der Waals surface area (Å²) in [7, 11) is 0. The first kappa shape index (κ1) is 15.3. The van der Waals surface area contributed by atoms with Gasteiger partial charge in [-0.3, -0.25) is 9.55 Å². The number of hydrogen-bond donors (Lipinski definition) is 3. The Morgan fingerprint density at radius 1 is 1.12 bits per heavy atom. The minimum absolute atomic E-state index is 0.107. The third-order valence-electron chi connectivity index (χ3n) is 4.94. The van der Waals surface area contributed by atoms with Crippen LogP contribution in [0.3, 0.4) is 0 Å². The highest BCUT2D eigenvalue weighted by Gasteiger charge is 2.59. The van der Waals surface area contributed by atoms with E-state index in [1.165, 1.54) is 16.7 Å². The number of hydrogen-bond acceptors (Lipinski definition) is 4. The summed E-state index contributed by atoms with van der Waals surface area (Å²) >= 11 is 6.51. The largest absolute Gasteiger partial charge is 0.494 e. The van der Waals surface area contributed by atoms with Gasteiger partial charge in [-0.25, -0.2) is 0 Å². The highest BCUT2D eigenvalue weighted by Crippen LogP contribution is 2.58. The van der Waals surface area contributed by atoms with Gasteiger partial charge in [0.15, 0.2) is 16.8 Å². The Morgan fingerprint density at radius 2 is 1.83 bits per heavy atom. The Kier molecular flexibility index (Phi) is 3.27. The Hall–Kier alpha value is -2.24. The topological polar surface area (TPSA) is 78.5 Å². The molecule has 5 nitrogen and oxygen atoms in total. The lowest BCUT2D eigenvalue weighted by molar-refractivity contribution is 0.0627. The van der Waals surface area contributed by atoms with Crippen LogP contribution in [-0.2, 0) is 12.0 Å². The van der Waals surface area contributed by atoms with Crippen molar-refractivity contribution in [2.45, 2.75) is 29.9 Å². The SMILES string of the molecule is Oc1ccc(O)n1CC(O)(Cl)C1(c2ccc3ncccc3c2)CC1. The maximum atomic E-state index is 11.0. The highest BCUT2D eigenvalue weighted by molar-refractivity contribution is 6.24. The summed E-state index contributed by atoms with van der Waals surface area (Å²) < 4.78 is 1.20. The lowest BCUT2D eigenvalue weighted by Gasteiger charge is -2.32. The Balaban J connectivity index is 1.72. The summed E-state index contributed by atoms with van der Waals surface area (Å²) in [5.41, 5.74) is 1.21. The number of rotatable bonds is 4. The normalized spacial score (nSPS) is 18.4. The van der Waals surface area contributed by atoms with E-state index in [2.05, 4.69) is 4.98 Å². The molecule has 0 radical (unpaired) electrons. The fourth-order valence-corrected chi connectivity index (χ4v) is 3.78. The minimum atomic E-state index is -1.63. The monoisotopic (exact) mass is 344 g/mol. The van der Waals surface area contributed by atoms with Crippen molar-refractivity contribution in [2.75, 3.05) is 0 Å². The Bertz CT molecular complexity index is 896. The van der Waals surface area contributed by atoms with Crippen molar-refractivity contribution in [3.8, 4) is 11.8 Å². The lowest BCUT2D eigenvalue weighted by atomic mass is 9.88. The molecule has 3 aromatic rings. The van der Waals surface area contributed by atoms with Gasteiger partial charge in [-0.15, -0.1) is 0 Å². The minimum Gasteiger partial charge on any atom is -0.494 e. The Labute approximate surface area is 143 Å². The zero-order valence-electron chi connectivity index (χ0n) is 12.9. The number of alkyl halides is 1. The first-order valence-electron chi connectivity index (χ1n) is 7.77. The molecule has 0 aliphatic heterocycles. The molecule has 2 heterocycles. The van der Waals surface area contributed by atoms with Crippen LogP contribution in [0, 0.1) is 0 Å². The van der Waals surface area contributed by atoms with Gasteiger partial charge in [0.2, 0.25) is 0 Å². The van der Waals surface area contributed by atoms with Crippen LogP contribution in [0.25, 0.3) is 10.9 Å². The molecule has 0 saturated heterocycles. The lowest BCUT2D eigenvalue weighted by Crippen LogP contribution is -2.40. The van der Waals surface area contributed by atoms with E-state index in [1.807, 2.05) is 30.3 Å². The zero-order chi connectivity index (χ0) is 16.9. The van der Waals surface area contributed by atoms with E-state index in [4.69, 9.17) is 11.6 Å². The zero-order valence-corrected chi connectivity index (χ0v) is 13.6. The summed E-state index contributed by atoms with van der Waals surface area (Å²) in [5.74, 6) is -0.268. The van der Waals surface area contributed by atoms with E-state index < -0.39 is 10.5 Å². The molecule has 3 N–H and O–H groups in total. The molecule has 1 aliphatic carbocycles. The van der Waals surface area contributed by atoms with Crippen LogP contribution in [0.1, 0.15) is 18.4 Å². The quantitative estimate of drug-likeness (QED) is 0.635. The summed E-state index contributed by atoms with van der Waals surface area (Å²) in [6, 6.07) is 12.4. The standard InChI is InChI=1S/C18H17ClN2O3/c19-18(24,11-21-15(22)5-6-16(21)23)17(7-8-17)13-3-4-14-12(10-13)2-1-9-20-14/h1-6,9-10,22-24H,7-8,11H2. The molecule has 1 saturated carbocycles. The van der Waals surface area contributed by atoms with Crippen molar-refractivity contribution < 1.29 is 15.3 Å². The van der Waals surface area contributed by atoms with E-state index in [0.29, 0.717) is 0 Å². The number of aromatic hydroxyl groups is 2. The van der Waals surface area contributed by atoms with Crippen molar-refractivity contribution in [3.63, 3.8) is 0 Å². The number of aromatic nitrogens is 2. The van der Waals surface area contributed by atoms with E-state index in [1.54, 1.807) is 6.20 Å². The smallest absolute Gasteiger partial charge is 0.193 e. The number of fused-ring (bicyclic) bond motifs is 1. The van der Waals surface area contributed by atoms with Crippen molar-refractivity contribution in [1.29, 1.82) is 0 Å². The second kappa shape index (κ2) is 5.13. The van der Waals surface area contributed by atoms with Gasteiger partial charge in [0, 0.05) is 29.1 Å². The van der Waals surface area contributed by atoms with Gasteiger partial charge < -0.3 is 15.3 Å². The molecular weight excluding hydrogens is 328 g/mol. The summed E-state index contributed by atoms with van der Waals surface area (Å²) in [4.78, 5) is 4.31. The molecule has 0 amide bonds. The third kappa shape index (κ3) is 2.24.